The molecular formula is C18H19ClN2O. The minimum atomic E-state index is 0.0369. The van der Waals surface area contributed by atoms with E-state index < -0.39 is 0 Å². The Labute approximate surface area is 135 Å². The van der Waals surface area contributed by atoms with Crippen molar-refractivity contribution < 1.29 is 4.79 Å². The zero-order valence-corrected chi connectivity index (χ0v) is 13.4. The molecule has 1 heterocycles. The first-order chi connectivity index (χ1) is 10.6. The Bertz CT molecular complexity index is 699. The minimum absolute atomic E-state index is 0.0369. The second kappa shape index (κ2) is 6.41. The van der Waals surface area contributed by atoms with Gasteiger partial charge in [-0.25, -0.2) is 0 Å². The number of anilines is 2. The number of nitrogens with one attached hydrogen (secondary N) is 1. The SMILES string of the molecule is Cc1cc(Cl)ccc1NC(=O)CCN1CCc2ccccc21. The molecule has 1 amide bonds. The van der Waals surface area contributed by atoms with E-state index in [1.165, 1.54) is 11.3 Å². The smallest absolute Gasteiger partial charge is 0.226 e. The molecule has 0 aromatic heterocycles. The van der Waals surface area contributed by atoms with Crippen LogP contribution in [0.5, 0.6) is 0 Å². The van der Waals surface area contributed by atoms with E-state index in [4.69, 9.17) is 11.6 Å². The first kappa shape index (κ1) is 14.9. The fourth-order valence-corrected chi connectivity index (χ4v) is 3.08. The first-order valence-corrected chi connectivity index (χ1v) is 7.90. The zero-order chi connectivity index (χ0) is 15.5. The number of carbonyl (C=O) groups excluding carboxylic acids is 1. The summed E-state index contributed by atoms with van der Waals surface area (Å²) in [5.74, 6) is 0.0369. The third-order valence-corrected chi connectivity index (χ3v) is 4.29. The van der Waals surface area contributed by atoms with Crippen LogP contribution in [0.25, 0.3) is 0 Å². The van der Waals surface area contributed by atoms with Crippen molar-refractivity contribution >= 4 is 28.9 Å². The number of nitrogens with zero attached hydrogens (tertiary/aromatic N) is 1. The van der Waals surface area contributed by atoms with Crippen LogP contribution in [0.15, 0.2) is 42.5 Å². The summed E-state index contributed by atoms with van der Waals surface area (Å²) in [5, 5.41) is 3.65. The van der Waals surface area contributed by atoms with Crippen LogP contribution in [0.4, 0.5) is 11.4 Å². The molecule has 0 aliphatic carbocycles. The molecule has 114 valence electrons. The van der Waals surface area contributed by atoms with Crippen LogP contribution < -0.4 is 10.2 Å². The first-order valence-electron chi connectivity index (χ1n) is 7.52. The van der Waals surface area contributed by atoms with Gasteiger partial charge in [-0.3, -0.25) is 4.79 Å². The molecule has 0 unspecified atom stereocenters. The lowest BCUT2D eigenvalue weighted by atomic mass is 10.2. The van der Waals surface area contributed by atoms with Crippen molar-refractivity contribution in [3.05, 3.63) is 58.6 Å². The number of benzene rings is 2. The molecule has 0 saturated carbocycles. The number of aryl methyl sites for hydroxylation is 1. The van der Waals surface area contributed by atoms with Gasteiger partial charge in [-0.2, -0.15) is 0 Å². The standard InChI is InChI=1S/C18H19ClN2O/c1-13-12-15(19)6-7-16(13)20-18(22)9-11-21-10-8-14-4-2-3-5-17(14)21/h2-7,12H,8-11H2,1H3,(H,20,22). The highest BCUT2D eigenvalue weighted by atomic mass is 35.5. The average Bonchev–Trinajstić information content (AvgIpc) is 2.91. The average molecular weight is 315 g/mol. The molecule has 3 rings (SSSR count). The van der Waals surface area contributed by atoms with Crippen LogP contribution in [-0.2, 0) is 11.2 Å². The molecule has 2 aromatic rings. The van der Waals surface area contributed by atoms with Crippen molar-refractivity contribution in [2.75, 3.05) is 23.3 Å². The van der Waals surface area contributed by atoms with Gasteiger partial charge in [0.2, 0.25) is 5.91 Å². The fraction of sp³-hybridized carbons (Fsp3) is 0.278. The number of carbonyl (C=O) groups is 1. The van der Waals surface area contributed by atoms with Gasteiger partial charge in [0.15, 0.2) is 0 Å². The van der Waals surface area contributed by atoms with Gasteiger partial charge in [-0.05, 0) is 48.7 Å². The van der Waals surface area contributed by atoms with Gasteiger partial charge in [0, 0.05) is 35.9 Å². The van der Waals surface area contributed by atoms with Gasteiger partial charge in [-0.15, -0.1) is 0 Å². The van der Waals surface area contributed by atoms with E-state index in [-0.39, 0.29) is 5.91 Å². The molecular weight excluding hydrogens is 296 g/mol. The van der Waals surface area contributed by atoms with Crippen molar-refractivity contribution in [3.8, 4) is 0 Å². The molecule has 2 aromatic carbocycles. The molecule has 1 aliphatic heterocycles. The summed E-state index contributed by atoms with van der Waals surface area (Å²) in [6, 6.07) is 13.9. The molecule has 3 nitrogen and oxygen atoms in total. The maximum absolute atomic E-state index is 12.1. The van der Waals surface area contributed by atoms with Crippen LogP contribution in [0.3, 0.4) is 0 Å². The predicted molar refractivity (Wildman–Crippen MR) is 91.8 cm³/mol. The summed E-state index contributed by atoms with van der Waals surface area (Å²) in [6.45, 7) is 3.68. The van der Waals surface area contributed by atoms with Gasteiger partial charge in [0.25, 0.3) is 0 Å². The molecule has 0 atom stereocenters. The normalized spacial score (nSPS) is 13.1. The summed E-state index contributed by atoms with van der Waals surface area (Å²) >= 11 is 5.93. The third-order valence-electron chi connectivity index (χ3n) is 4.05. The largest absolute Gasteiger partial charge is 0.370 e. The Hall–Kier alpha value is -2.00. The minimum Gasteiger partial charge on any atom is -0.370 e. The number of halogens is 1. The van der Waals surface area contributed by atoms with Crippen LogP contribution in [0.1, 0.15) is 17.5 Å². The Balaban J connectivity index is 1.57. The summed E-state index contributed by atoms with van der Waals surface area (Å²) in [6.07, 6.45) is 1.55. The van der Waals surface area contributed by atoms with Gasteiger partial charge < -0.3 is 10.2 Å². The topological polar surface area (TPSA) is 32.3 Å². The van der Waals surface area contributed by atoms with E-state index >= 15 is 0 Å². The Morgan fingerprint density at radius 3 is 2.91 bits per heavy atom. The lowest BCUT2D eigenvalue weighted by Gasteiger charge is -2.19. The predicted octanol–water partition coefficient (Wildman–Crippen LogP) is 4.04. The van der Waals surface area contributed by atoms with Crippen molar-refractivity contribution in [2.24, 2.45) is 0 Å². The van der Waals surface area contributed by atoms with Gasteiger partial charge in [0.1, 0.15) is 0 Å². The number of fused-ring (bicyclic) bond motifs is 1. The maximum atomic E-state index is 12.1. The van der Waals surface area contributed by atoms with E-state index in [0.29, 0.717) is 11.4 Å². The van der Waals surface area contributed by atoms with Gasteiger partial charge in [-0.1, -0.05) is 29.8 Å². The molecule has 0 fully saturated rings. The lowest BCUT2D eigenvalue weighted by molar-refractivity contribution is -0.116. The summed E-state index contributed by atoms with van der Waals surface area (Å²) in [7, 11) is 0. The monoisotopic (exact) mass is 314 g/mol. The molecule has 0 spiro atoms. The van der Waals surface area contributed by atoms with Crippen molar-refractivity contribution in [2.45, 2.75) is 19.8 Å². The van der Waals surface area contributed by atoms with Crippen LogP contribution in [0.2, 0.25) is 5.02 Å². The van der Waals surface area contributed by atoms with E-state index in [1.807, 2.05) is 25.1 Å². The van der Waals surface area contributed by atoms with E-state index in [9.17, 15) is 4.79 Å². The number of para-hydroxylation sites is 1. The van der Waals surface area contributed by atoms with Gasteiger partial charge in [0.05, 0.1) is 0 Å². The highest BCUT2D eigenvalue weighted by Gasteiger charge is 2.18. The second-order valence-electron chi connectivity index (χ2n) is 5.62. The Kier molecular flexibility index (Phi) is 4.34. The molecule has 0 bridgehead atoms. The number of rotatable bonds is 4. The van der Waals surface area contributed by atoms with Crippen LogP contribution in [0, 0.1) is 6.92 Å². The summed E-state index contributed by atoms with van der Waals surface area (Å²) in [5.41, 5.74) is 4.44. The van der Waals surface area contributed by atoms with Crippen LogP contribution >= 0.6 is 11.6 Å². The number of hydrogen-bond acceptors (Lipinski definition) is 2. The van der Waals surface area contributed by atoms with Gasteiger partial charge >= 0.3 is 0 Å². The summed E-state index contributed by atoms with van der Waals surface area (Å²) < 4.78 is 0. The third kappa shape index (κ3) is 3.25. The Morgan fingerprint density at radius 2 is 2.09 bits per heavy atom. The molecule has 22 heavy (non-hydrogen) atoms. The highest BCUT2D eigenvalue weighted by molar-refractivity contribution is 6.30. The highest BCUT2D eigenvalue weighted by Crippen LogP contribution is 2.27. The molecule has 1 N–H and O–H groups in total. The van der Waals surface area contributed by atoms with Crippen molar-refractivity contribution in [1.82, 2.24) is 0 Å². The lowest BCUT2D eigenvalue weighted by Crippen LogP contribution is -2.26. The maximum Gasteiger partial charge on any atom is 0.226 e. The van der Waals surface area contributed by atoms with E-state index in [0.717, 1.165) is 30.8 Å². The molecule has 0 saturated heterocycles. The zero-order valence-electron chi connectivity index (χ0n) is 12.6. The van der Waals surface area contributed by atoms with E-state index in [1.54, 1.807) is 6.07 Å². The van der Waals surface area contributed by atoms with Crippen molar-refractivity contribution in [1.29, 1.82) is 0 Å². The molecule has 1 aliphatic rings. The molecule has 4 heteroatoms. The second-order valence-corrected chi connectivity index (χ2v) is 6.06. The quantitative estimate of drug-likeness (QED) is 0.923. The van der Waals surface area contributed by atoms with E-state index in [2.05, 4.69) is 28.4 Å². The number of amides is 1. The Morgan fingerprint density at radius 1 is 1.27 bits per heavy atom. The summed E-state index contributed by atoms with van der Waals surface area (Å²) in [4.78, 5) is 14.4. The van der Waals surface area contributed by atoms with Crippen molar-refractivity contribution in [3.63, 3.8) is 0 Å². The number of hydrogen-bond donors (Lipinski definition) is 1. The fourth-order valence-electron chi connectivity index (χ4n) is 2.86. The molecule has 0 radical (unpaired) electrons. The van der Waals surface area contributed by atoms with Crippen LogP contribution in [-0.4, -0.2) is 19.0 Å².